The van der Waals surface area contributed by atoms with Gasteiger partial charge in [-0.15, -0.1) is 0 Å². The fourth-order valence-electron chi connectivity index (χ4n) is 2.70. The SMILES string of the molecule is FC(F)(F)c1ccc(CNc2ccc3c(c2)CCC3)cc1. The predicted octanol–water partition coefficient (Wildman–Crippen LogP) is 4.81. The van der Waals surface area contributed by atoms with E-state index in [9.17, 15) is 13.2 Å². The molecule has 4 heteroatoms. The Balaban J connectivity index is 1.65. The average molecular weight is 291 g/mol. The fourth-order valence-corrected chi connectivity index (χ4v) is 2.70. The standard InChI is InChI=1S/C17H16F3N/c18-17(19,20)15-7-4-12(5-8-15)11-21-16-9-6-13-2-1-3-14(13)10-16/h4-10,21H,1-3,11H2. The number of alkyl halides is 3. The van der Waals surface area contributed by atoms with Crippen molar-refractivity contribution in [2.75, 3.05) is 5.32 Å². The van der Waals surface area contributed by atoms with Crippen molar-refractivity contribution in [1.29, 1.82) is 0 Å². The third kappa shape index (κ3) is 3.20. The van der Waals surface area contributed by atoms with Gasteiger partial charge in [-0.25, -0.2) is 0 Å². The maximum absolute atomic E-state index is 12.5. The molecule has 0 saturated carbocycles. The van der Waals surface area contributed by atoms with Crippen LogP contribution in [0.1, 0.15) is 28.7 Å². The molecule has 0 spiro atoms. The van der Waals surface area contributed by atoms with Gasteiger partial charge in [-0.05, 0) is 60.2 Å². The molecule has 110 valence electrons. The highest BCUT2D eigenvalue weighted by atomic mass is 19.4. The minimum Gasteiger partial charge on any atom is -0.381 e. The van der Waals surface area contributed by atoms with Crippen LogP contribution in [0.4, 0.5) is 18.9 Å². The summed E-state index contributed by atoms with van der Waals surface area (Å²) >= 11 is 0. The summed E-state index contributed by atoms with van der Waals surface area (Å²) in [6, 6.07) is 11.6. The van der Waals surface area contributed by atoms with E-state index in [-0.39, 0.29) is 0 Å². The van der Waals surface area contributed by atoms with Crippen molar-refractivity contribution < 1.29 is 13.2 Å². The Morgan fingerprint density at radius 3 is 2.33 bits per heavy atom. The molecule has 0 unspecified atom stereocenters. The summed E-state index contributed by atoms with van der Waals surface area (Å²) in [5, 5.41) is 3.27. The minimum absolute atomic E-state index is 0.525. The molecule has 1 aliphatic rings. The Bertz CT molecular complexity index is 629. The third-order valence-corrected chi connectivity index (χ3v) is 3.88. The molecule has 0 heterocycles. The molecule has 2 aromatic carbocycles. The lowest BCUT2D eigenvalue weighted by Gasteiger charge is -2.10. The van der Waals surface area contributed by atoms with Crippen LogP contribution in [-0.2, 0) is 25.6 Å². The van der Waals surface area contributed by atoms with Gasteiger partial charge in [0, 0.05) is 12.2 Å². The highest BCUT2D eigenvalue weighted by Gasteiger charge is 2.29. The zero-order valence-corrected chi connectivity index (χ0v) is 11.5. The normalized spacial score (nSPS) is 14.0. The van der Waals surface area contributed by atoms with E-state index in [0.29, 0.717) is 6.54 Å². The molecule has 0 atom stereocenters. The van der Waals surface area contributed by atoms with Crippen LogP contribution in [0, 0.1) is 0 Å². The van der Waals surface area contributed by atoms with E-state index < -0.39 is 11.7 Å². The van der Waals surface area contributed by atoms with Gasteiger partial charge in [-0.1, -0.05) is 18.2 Å². The van der Waals surface area contributed by atoms with Crippen molar-refractivity contribution in [3.05, 3.63) is 64.7 Å². The number of rotatable bonds is 3. The molecular weight excluding hydrogens is 275 g/mol. The maximum Gasteiger partial charge on any atom is 0.416 e. The molecule has 0 aliphatic heterocycles. The van der Waals surface area contributed by atoms with Crippen LogP contribution in [0.2, 0.25) is 0 Å². The number of hydrogen-bond donors (Lipinski definition) is 1. The molecule has 0 bridgehead atoms. The van der Waals surface area contributed by atoms with Crippen molar-refractivity contribution in [2.45, 2.75) is 32.0 Å². The molecule has 21 heavy (non-hydrogen) atoms. The van der Waals surface area contributed by atoms with E-state index in [1.165, 1.54) is 29.7 Å². The summed E-state index contributed by atoms with van der Waals surface area (Å²) in [4.78, 5) is 0. The van der Waals surface area contributed by atoms with Crippen LogP contribution in [0.15, 0.2) is 42.5 Å². The lowest BCUT2D eigenvalue weighted by Crippen LogP contribution is -2.05. The van der Waals surface area contributed by atoms with Gasteiger partial charge >= 0.3 is 6.18 Å². The fraction of sp³-hybridized carbons (Fsp3) is 0.294. The van der Waals surface area contributed by atoms with Crippen molar-refractivity contribution in [3.8, 4) is 0 Å². The van der Waals surface area contributed by atoms with Gasteiger partial charge < -0.3 is 5.32 Å². The number of anilines is 1. The molecule has 1 aliphatic carbocycles. The highest BCUT2D eigenvalue weighted by molar-refractivity contribution is 5.50. The van der Waals surface area contributed by atoms with Crippen LogP contribution in [0.25, 0.3) is 0 Å². The summed E-state index contributed by atoms with van der Waals surface area (Å²) < 4.78 is 37.4. The van der Waals surface area contributed by atoms with E-state index in [1.54, 1.807) is 0 Å². The second-order valence-corrected chi connectivity index (χ2v) is 5.39. The molecule has 0 fully saturated rings. The number of aryl methyl sites for hydroxylation is 2. The molecule has 0 saturated heterocycles. The molecule has 1 N–H and O–H groups in total. The molecule has 0 aromatic heterocycles. The summed E-state index contributed by atoms with van der Waals surface area (Å²) in [6.45, 7) is 0.525. The predicted molar refractivity (Wildman–Crippen MR) is 77.2 cm³/mol. The number of fused-ring (bicyclic) bond motifs is 1. The van der Waals surface area contributed by atoms with Crippen molar-refractivity contribution in [1.82, 2.24) is 0 Å². The van der Waals surface area contributed by atoms with Gasteiger partial charge in [0.2, 0.25) is 0 Å². The van der Waals surface area contributed by atoms with Gasteiger partial charge in [0.15, 0.2) is 0 Å². The van der Waals surface area contributed by atoms with Crippen LogP contribution >= 0.6 is 0 Å². The third-order valence-electron chi connectivity index (χ3n) is 3.88. The summed E-state index contributed by atoms with van der Waals surface area (Å²) in [5.74, 6) is 0. The molecular formula is C17H16F3N. The molecule has 0 amide bonds. The van der Waals surface area contributed by atoms with Crippen LogP contribution < -0.4 is 5.32 Å². The monoisotopic (exact) mass is 291 g/mol. The Hall–Kier alpha value is -1.97. The second kappa shape index (κ2) is 5.43. The summed E-state index contributed by atoms with van der Waals surface area (Å²) in [6.07, 6.45) is -0.802. The van der Waals surface area contributed by atoms with Crippen molar-refractivity contribution >= 4 is 5.69 Å². The average Bonchev–Trinajstić information content (AvgIpc) is 2.92. The number of benzene rings is 2. The van der Waals surface area contributed by atoms with E-state index in [1.807, 2.05) is 6.07 Å². The van der Waals surface area contributed by atoms with Crippen LogP contribution in [-0.4, -0.2) is 0 Å². The molecule has 2 aromatic rings. The Kier molecular flexibility index (Phi) is 3.62. The zero-order chi connectivity index (χ0) is 14.9. The van der Waals surface area contributed by atoms with Crippen molar-refractivity contribution in [2.24, 2.45) is 0 Å². The van der Waals surface area contributed by atoms with Crippen molar-refractivity contribution in [3.63, 3.8) is 0 Å². The first-order chi connectivity index (χ1) is 10.0. The van der Waals surface area contributed by atoms with Gasteiger partial charge in [0.05, 0.1) is 5.56 Å². The minimum atomic E-state index is -4.27. The topological polar surface area (TPSA) is 12.0 Å². The number of hydrogen-bond acceptors (Lipinski definition) is 1. The van der Waals surface area contributed by atoms with Gasteiger partial charge in [-0.2, -0.15) is 13.2 Å². The van der Waals surface area contributed by atoms with Crippen LogP contribution in [0.3, 0.4) is 0 Å². The van der Waals surface area contributed by atoms with E-state index >= 15 is 0 Å². The first-order valence-corrected chi connectivity index (χ1v) is 7.04. The van der Waals surface area contributed by atoms with Gasteiger partial charge in [0.1, 0.15) is 0 Å². The van der Waals surface area contributed by atoms with Gasteiger partial charge in [0.25, 0.3) is 0 Å². The second-order valence-electron chi connectivity index (χ2n) is 5.39. The lowest BCUT2D eigenvalue weighted by atomic mass is 10.1. The number of nitrogens with one attached hydrogen (secondary N) is 1. The molecule has 3 rings (SSSR count). The maximum atomic E-state index is 12.5. The molecule has 0 radical (unpaired) electrons. The van der Waals surface area contributed by atoms with Crippen LogP contribution in [0.5, 0.6) is 0 Å². The smallest absolute Gasteiger partial charge is 0.381 e. The quantitative estimate of drug-likeness (QED) is 0.856. The Morgan fingerprint density at radius 2 is 1.62 bits per heavy atom. The lowest BCUT2D eigenvalue weighted by molar-refractivity contribution is -0.137. The summed E-state index contributed by atoms with van der Waals surface area (Å²) in [5.41, 5.74) is 4.05. The molecule has 1 nitrogen and oxygen atoms in total. The zero-order valence-electron chi connectivity index (χ0n) is 11.5. The van der Waals surface area contributed by atoms with E-state index in [2.05, 4.69) is 17.4 Å². The Labute approximate surface area is 121 Å². The first-order valence-electron chi connectivity index (χ1n) is 7.04. The van der Waals surface area contributed by atoms with Gasteiger partial charge in [-0.3, -0.25) is 0 Å². The highest BCUT2D eigenvalue weighted by Crippen LogP contribution is 2.29. The first kappa shape index (κ1) is 14.0. The summed E-state index contributed by atoms with van der Waals surface area (Å²) in [7, 11) is 0. The van der Waals surface area contributed by atoms with E-state index in [0.717, 1.165) is 36.2 Å². The largest absolute Gasteiger partial charge is 0.416 e. The van der Waals surface area contributed by atoms with E-state index in [4.69, 9.17) is 0 Å². The number of halogens is 3. The Morgan fingerprint density at radius 1 is 0.905 bits per heavy atom.